The van der Waals surface area contributed by atoms with Crippen LogP contribution >= 0.6 is 0 Å². The number of hydrogen-bond donors (Lipinski definition) is 0. The lowest BCUT2D eigenvalue weighted by Gasteiger charge is -2.37. The monoisotopic (exact) mass is 395 g/mol. The number of ether oxygens (including phenoxy) is 2. The van der Waals surface area contributed by atoms with E-state index >= 15 is 0 Å². The van der Waals surface area contributed by atoms with Crippen LogP contribution in [0.1, 0.15) is 53.8 Å². The van der Waals surface area contributed by atoms with E-state index in [0.717, 1.165) is 55.7 Å². The molecule has 0 radical (unpaired) electrons. The molecule has 0 N–H and O–H groups in total. The van der Waals surface area contributed by atoms with Crippen LogP contribution in [0, 0.1) is 6.92 Å². The van der Waals surface area contributed by atoms with E-state index in [1.807, 2.05) is 4.90 Å². The van der Waals surface area contributed by atoms with Gasteiger partial charge in [-0.05, 0) is 26.2 Å². The van der Waals surface area contributed by atoms with E-state index in [1.165, 1.54) is 12.0 Å². The SMILES string of the molecule is Cc1ccc(-c2nc(C(=O)N3CCC4(CC3)OCCO4)c3n2CCCCC3)cc1. The summed E-state index contributed by atoms with van der Waals surface area (Å²) >= 11 is 0. The van der Waals surface area contributed by atoms with Crippen LogP contribution in [0.3, 0.4) is 0 Å². The fourth-order valence-corrected chi connectivity index (χ4v) is 4.80. The highest BCUT2D eigenvalue weighted by atomic mass is 16.7. The quantitative estimate of drug-likeness (QED) is 0.780. The molecule has 1 amide bonds. The standard InChI is InChI=1S/C23H29N3O3/c1-17-6-8-18(9-7-17)21-24-20(19-5-3-2-4-12-26(19)21)22(27)25-13-10-23(11-14-25)28-15-16-29-23/h6-9H,2-5,10-16H2,1H3. The van der Waals surface area contributed by atoms with E-state index in [1.54, 1.807) is 0 Å². The van der Waals surface area contributed by atoms with Crippen molar-refractivity contribution >= 4 is 5.91 Å². The molecule has 0 atom stereocenters. The van der Waals surface area contributed by atoms with Crippen LogP contribution in [0.15, 0.2) is 24.3 Å². The Morgan fingerprint density at radius 1 is 1.00 bits per heavy atom. The van der Waals surface area contributed by atoms with Crippen molar-refractivity contribution in [2.24, 2.45) is 0 Å². The first-order valence-corrected chi connectivity index (χ1v) is 10.9. The Morgan fingerprint density at radius 2 is 1.72 bits per heavy atom. The molecule has 2 saturated heterocycles. The summed E-state index contributed by atoms with van der Waals surface area (Å²) in [6, 6.07) is 8.45. The summed E-state index contributed by atoms with van der Waals surface area (Å²) in [5.74, 6) is 0.526. The van der Waals surface area contributed by atoms with Gasteiger partial charge in [0.25, 0.3) is 5.91 Å². The van der Waals surface area contributed by atoms with E-state index in [0.29, 0.717) is 32.0 Å². The van der Waals surface area contributed by atoms with E-state index in [2.05, 4.69) is 35.8 Å². The fraction of sp³-hybridized carbons (Fsp3) is 0.565. The van der Waals surface area contributed by atoms with Gasteiger partial charge in [-0.1, -0.05) is 36.2 Å². The summed E-state index contributed by atoms with van der Waals surface area (Å²) < 4.78 is 13.9. The summed E-state index contributed by atoms with van der Waals surface area (Å²) in [4.78, 5) is 20.3. The second kappa shape index (κ2) is 7.58. The average Bonchev–Trinajstić information content (AvgIpc) is 3.26. The van der Waals surface area contributed by atoms with Crippen molar-refractivity contribution in [2.45, 2.75) is 57.8 Å². The van der Waals surface area contributed by atoms with Crippen LogP contribution in [-0.2, 0) is 22.4 Å². The highest BCUT2D eigenvalue weighted by Crippen LogP contribution is 2.33. The third kappa shape index (κ3) is 3.49. The number of aromatic nitrogens is 2. The molecule has 0 unspecified atom stereocenters. The highest BCUT2D eigenvalue weighted by Gasteiger charge is 2.41. The molecule has 29 heavy (non-hydrogen) atoms. The van der Waals surface area contributed by atoms with Crippen molar-refractivity contribution in [3.8, 4) is 11.4 Å². The Hall–Kier alpha value is -2.18. The Balaban J connectivity index is 1.45. The molecule has 5 rings (SSSR count). The third-order valence-electron chi connectivity index (χ3n) is 6.51. The van der Waals surface area contributed by atoms with E-state index < -0.39 is 5.79 Å². The maximum Gasteiger partial charge on any atom is 0.274 e. The first-order valence-electron chi connectivity index (χ1n) is 10.9. The van der Waals surface area contributed by atoms with E-state index in [9.17, 15) is 4.79 Å². The molecule has 1 aromatic carbocycles. The Kier molecular flexibility index (Phi) is 4.92. The van der Waals surface area contributed by atoms with E-state index in [-0.39, 0.29) is 5.91 Å². The lowest BCUT2D eigenvalue weighted by Crippen LogP contribution is -2.47. The van der Waals surface area contributed by atoms with Gasteiger partial charge in [-0.25, -0.2) is 4.98 Å². The van der Waals surface area contributed by atoms with Crippen LogP contribution in [0.4, 0.5) is 0 Å². The molecule has 4 heterocycles. The first kappa shape index (κ1) is 18.8. The highest BCUT2D eigenvalue weighted by molar-refractivity contribution is 5.94. The van der Waals surface area contributed by atoms with E-state index in [4.69, 9.17) is 14.5 Å². The molecule has 6 heteroatoms. The predicted molar refractivity (Wildman–Crippen MR) is 110 cm³/mol. The molecule has 1 aromatic heterocycles. The van der Waals surface area contributed by atoms with Crippen LogP contribution in [0.2, 0.25) is 0 Å². The molecule has 2 fully saturated rings. The maximum atomic E-state index is 13.5. The Morgan fingerprint density at radius 3 is 2.45 bits per heavy atom. The van der Waals surface area contributed by atoms with Gasteiger partial charge in [0, 0.05) is 38.0 Å². The van der Waals surface area contributed by atoms with Gasteiger partial charge in [-0.15, -0.1) is 0 Å². The lowest BCUT2D eigenvalue weighted by atomic mass is 10.0. The number of nitrogens with zero attached hydrogens (tertiary/aromatic N) is 3. The number of imidazole rings is 1. The average molecular weight is 396 g/mol. The molecule has 1 spiro atoms. The minimum absolute atomic E-state index is 0.0573. The molecule has 0 saturated carbocycles. The molecular weight excluding hydrogens is 366 g/mol. The third-order valence-corrected chi connectivity index (χ3v) is 6.51. The summed E-state index contributed by atoms with van der Waals surface area (Å²) in [5.41, 5.74) is 4.07. The number of benzene rings is 1. The van der Waals surface area contributed by atoms with Crippen LogP contribution < -0.4 is 0 Å². The molecular formula is C23H29N3O3. The first-order chi connectivity index (χ1) is 14.2. The number of piperidine rings is 1. The molecule has 0 bridgehead atoms. The topological polar surface area (TPSA) is 56.6 Å². The molecule has 3 aliphatic rings. The zero-order valence-corrected chi connectivity index (χ0v) is 17.2. The normalized spacial score (nSPS) is 21.2. The number of fused-ring (bicyclic) bond motifs is 1. The molecule has 2 aromatic rings. The number of likely N-dealkylation sites (tertiary alicyclic amines) is 1. The smallest absolute Gasteiger partial charge is 0.274 e. The van der Waals surface area contributed by atoms with Crippen LogP contribution in [0.5, 0.6) is 0 Å². The van der Waals surface area contributed by atoms with Crippen LogP contribution in [-0.4, -0.2) is 52.4 Å². The van der Waals surface area contributed by atoms with Gasteiger partial charge in [0.15, 0.2) is 5.79 Å². The van der Waals surface area contributed by atoms with Crippen molar-refractivity contribution in [3.05, 3.63) is 41.2 Å². The number of rotatable bonds is 2. The number of aryl methyl sites for hydroxylation is 1. The van der Waals surface area contributed by atoms with Crippen molar-refractivity contribution in [2.75, 3.05) is 26.3 Å². The van der Waals surface area contributed by atoms with Gasteiger partial charge in [0.2, 0.25) is 0 Å². The lowest BCUT2D eigenvalue weighted by molar-refractivity contribution is -0.181. The van der Waals surface area contributed by atoms with Crippen molar-refractivity contribution in [3.63, 3.8) is 0 Å². The molecule has 0 aliphatic carbocycles. The van der Waals surface area contributed by atoms with Gasteiger partial charge >= 0.3 is 0 Å². The maximum absolute atomic E-state index is 13.5. The number of hydrogen-bond acceptors (Lipinski definition) is 4. The predicted octanol–water partition coefficient (Wildman–Crippen LogP) is 3.56. The second-order valence-electron chi connectivity index (χ2n) is 8.46. The largest absolute Gasteiger partial charge is 0.347 e. The minimum Gasteiger partial charge on any atom is -0.347 e. The minimum atomic E-state index is -0.463. The number of carbonyl (C=O) groups is 1. The number of carbonyl (C=O) groups excluding carboxylic acids is 1. The Labute approximate surface area is 171 Å². The van der Waals surface area contributed by atoms with Crippen molar-refractivity contribution in [1.29, 1.82) is 0 Å². The summed E-state index contributed by atoms with van der Waals surface area (Å²) in [6.45, 7) is 5.65. The fourth-order valence-electron chi connectivity index (χ4n) is 4.80. The van der Waals surface area contributed by atoms with Gasteiger partial charge in [-0.2, -0.15) is 0 Å². The second-order valence-corrected chi connectivity index (χ2v) is 8.46. The molecule has 3 aliphatic heterocycles. The zero-order chi connectivity index (χ0) is 19.8. The summed E-state index contributed by atoms with van der Waals surface area (Å²) in [7, 11) is 0. The van der Waals surface area contributed by atoms with Gasteiger partial charge < -0.3 is 18.9 Å². The summed E-state index contributed by atoms with van der Waals surface area (Å²) in [5, 5.41) is 0. The Bertz CT molecular complexity index is 887. The molecule has 154 valence electrons. The zero-order valence-electron chi connectivity index (χ0n) is 17.2. The van der Waals surface area contributed by atoms with Gasteiger partial charge in [0.05, 0.1) is 18.9 Å². The van der Waals surface area contributed by atoms with Crippen molar-refractivity contribution in [1.82, 2.24) is 14.5 Å². The van der Waals surface area contributed by atoms with Gasteiger partial charge in [0.1, 0.15) is 11.5 Å². The number of amides is 1. The van der Waals surface area contributed by atoms with Crippen molar-refractivity contribution < 1.29 is 14.3 Å². The van der Waals surface area contributed by atoms with Gasteiger partial charge in [-0.3, -0.25) is 4.79 Å². The van der Waals surface area contributed by atoms with Crippen LogP contribution in [0.25, 0.3) is 11.4 Å². The molecule has 6 nitrogen and oxygen atoms in total. The summed E-state index contributed by atoms with van der Waals surface area (Å²) in [6.07, 6.45) is 5.84.